The molecule has 0 amide bonds. The van der Waals surface area contributed by atoms with E-state index in [1.165, 1.54) is 11.1 Å². The number of rotatable bonds is 7. The van der Waals surface area contributed by atoms with Crippen molar-refractivity contribution in [2.45, 2.75) is 33.2 Å². The topological polar surface area (TPSA) is 39.1 Å². The number of hydrogen-bond donors (Lipinski definition) is 1. The third kappa shape index (κ3) is 4.08. The van der Waals surface area contributed by atoms with E-state index in [1.54, 1.807) is 7.11 Å². The van der Waals surface area contributed by atoms with Crippen LogP contribution in [-0.2, 0) is 4.74 Å². The van der Waals surface area contributed by atoms with Gasteiger partial charge in [-0.25, -0.2) is 4.98 Å². The highest BCUT2D eigenvalue weighted by molar-refractivity contribution is 5.33. The second kappa shape index (κ2) is 7.27. The van der Waals surface area contributed by atoms with Gasteiger partial charge in [0.05, 0.1) is 11.7 Å². The van der Waals surface area contributed by atoms with Crippen LogP contribution in [0.3, 0.4) is 0 Å². The number of benzene rings is 1. The predicted molar refractivity (Wildman–Crippen MR) is 86.9 cm³/mol. The van der Waals surface area contributed by atoms with Gasteiger partial charge in [-0.1, -0.05) is 29.8 Å². The maximum absolute atomic E-state index is 5.08. The average molecular weight is 287 g/mol. The summed E-state index contributed by atoms with van der Waals surface area (Å²) in [6.07, 6.45) is 3.07. The molecular weight excluding hydrogens is 262 g/mol. The predicted octanol–water partition coefficient (Wildman–Crippen LogP) is 3.56. The molecule has 0 aliphatic heterocycles. The lowest BCUT2D eigenvalue weighted by Gasteiger charge is -2.17. The highest BCUT2D eigenvalue weighted by atomic mass is 16.5. The van der Waals surface area contributed by atoms with E-state index in [2.05, 4.69) is 59.2 Å². The van der Waals surface area contributed by atoms with E-state index in [0.29, 0.717) is 0 Å². The molecule has 4 heteroatoms. The summed E-state index contributed by atoms with van der Waals surface area (Å²) >= 11 is 0. The number of aryl methyl sites for hydroxylation is 2. The number of methoxy groups -OCH3 is 1. The van der Waals surface area contributed by atoms with Crippen LogP contribution in [0.5, 0.6) is 0 Å². The molecule has 1 aromatic heterocycles. The second-order valence-electron chi connectivity index (χ2n) is 5.47. The number of hydrogen-bond acceptors (Lipinski definition) is 3. The van der Waals surface area contributed by atoms with Crippen molar-refractivity contribution in [3.8, 4) is 0 Å². The van der Waals surface area contributed by atoms with E-state index in [4.69, 9.17) is 4.74 Å². The van der Waals surface area contributed by atoms with Crippen molar-refractivity contribution >= 4 is 5.95 Å². The lowest BCUT2D eigenvalue weighted by atomic mass is 10.1. The van der Waals surface area contributed by atoms with Gasteiger partial charge in [0, 0.05) is 26.5 Å². The first kappa shape index (κ1) is 15.6. The summed E-state index contributed by atoms with van der Waals surface area (Å²) in [6.45, 7) is 7.97. The molecule has 0 saturated heterocycles. The number of nitrogens with one attached hydrogen (secondary N) is 1. The van der Waals surface area contributed by atoms with Gasteiger partial charge < -0.3 is 14.6 Å². The zero-order valence-electron chi connectivity index (χ0n) is 13.4. The standard InChI is InChI=1S/C17H25N3O/c1-13-6-8-16(9-7-13)15(3)20-12-14(2)19-17(20)18-10-5-11-21-4/h6-9,12,15H,5,10-11H2,1-4H3,(H,18,19). The van der Waals surface area contributed by atoms with Crippen molar-refractivity contribution in [3.05, 3.63) is 47.3 Å². The van der Waals surface area contributed by atoms with E-state index >= 15 is 0 Å². The smallest absolute Gasteiger partial charge is 0.203 e. The van der Waals surface area contributed by atoms with E-state index in [1.807, 2.05) is 6.92 Å². The van der Waals surface area contributed by atoms with Crippen LogP contribution in [0.15, 0.2) is 30.5 Å². The summed E-state index contributed by atoms with van der Waals surface area (Å²) in [5.74, 6) is 0.927. The van der Waals surface area contributed by atoms with Gasteiger partial charge >= 0.3 is 0 Å². The van der Waals surface area contributed by atoms with Crippen molar-refractivity contribution in [3.63, 3.8) is 0 Å². The number of imidazole rings is 1. The van der Waals surface area contributed by atoms with Crippen LogP contribution in [-0.4, -0.2) is 29.8 Å². The van der Waals surface area contributed by atoms with Gasteiger partial charge in [0.25, 0.3) is 0 Å². The van der Waals surface area contributed by atoms with Crippen molar-refractivity contribution in [1.29, 1.82) is 0 Å². The van der Waals surface area contributed by atoms with Crippen LogP contribution in [0.1, 0.15) is 36.2 Å². The molecule has 114 valence electrons. The minimum absolute atomic E-state index is 0.261. The van der Waals surface area contributed by atoms with Gasteiger partial charge in [0.2, 0.25) is 5.95 Å². The molecule has 0 aliphatic carbocycles. The zero-order chi connectivity index (χ0) is 15.2. The third-order valence-electron chi connectivity index (χ3n) is 3.64. The van der Waals surface area contributed by atoms with Crippen molar-refractivity contribution < 1.29 is 4.74 Å². The van der Waals surface area contributed by atoms with E-state index in [9.17, 15) is 0 Å². The molecular formula is C17H25N3O. The van der Waals surface area contributed by atoms with Crippen molar-refractivity contribution in [2.24, 2.45) is 0 Å². The molecule has 0 spiro atoms. The van der Waals surface area contributed by atoms with Gasteiger partial charge in [0.15, 0.2) is 0 Å². The number of anilines is 1. The van der Waals surface area contributed by atoms with Crippen LogP contribution in [0.2, 0.25) is 0 Å². The van der Waals surface area contributed by atoms with Crippen molar-refractivity contribution in [2.75, 3.05) is 25.6 Å². The molecule has 0 radical (unpaired) electrons. The van der Waals surface area contributed by atoms with Crippen LogP contribution in [0, 0.1) is 13.8 Å². The normalized spacial score (nSPS) is 12.4. The fourth-order valence-corrected chi connectivity index (χ4v) is 2.36. The Hall–Kier alpha value is -1.81. The Balaban J connectivity index is 2.12. The van der Waals surface area contributed by atoms with E-state index < -0.39 is 0 Å². The highest BCUT2D eigenvalue weighted by Crippen LogP contribution is 2.23. The lowest BCUT2D eigenvalue weighted by molar-refractivity contribution is 0.197. The first-order chi connectivity index (χ1) is 10.1. The first-order valence-corrected chi connectivity index (χ1v) is 7.46. The van der Waals surface area contributed by atoms with Gasteiger partial charge in [0.1, 0.15) is 0 Å². The summed E-state index contributed by atoms with van der Waals surface area (Å²) in [4.78, 5) is 4.58. The molecule has 0 fully saturated rings. The minimum atomic E-state index is 0.261. The molecule has 1 heterocycles. The Kier molecular flexibility index (Phi) is 5.39. The zero-order valence-corrected chi connectivity index (χ0v) is 13.4. The molecule has 4 nitrogen and oxygen atoms in total. The molecule has 2 aromatic rings. The molecule has 0 bridgehead atoms. The maximum Gasteiger partial charge on any atom is 0.203 e. The van der Waals surface area contributed by atoms with E-state index in [0.717, 1.165) is 31.2 Å². The van der Waals surface area contributed by atoms with Crippen LogP contribution < -0.4 is 5.32 Å². The Bertz CT molecular complexity index is 560. The largest absolute Gasteiger partial charge is 0.385 e. The summed E-state index contributed by atoms with van der Waals surface area (Å²) in [5, 5.41) is 3.40. The van der Waals surface area contributed by atoms with Crippen LogP contribution in [0.25, 0.3) is 0 Å². The van der Waals surface area contributed by atoms with Crippen LogP contribution in [0.4, 0.5) is 5.95 Å². The van der Waals surface area contributed by atoms with Gasteiger partial charge in [-0.3, -0.25) is 0 Å². The summed E-state index contributed by atoms with van der Waals surface area (Å²) in [5.41, 5.74) is 3.60. The number of ether oxygens (including phenoxy) is 1. The monoisotopic (exact) mass is 287 g/mol. The number of nitrogens with zero attached hydrogens (tertiary/aromatic N) is 2. The molecule has 21 heavy (non-hydrogen) atoms. The van der Waals surface area contributed by atoms with Gasteiger partial charge in [-0.05, 0) is 32.8 Å². The minimum Gasteiger partial charge on any atom is -0.385 e. The first-order valence-electron chi connectivity index (χ1n) is 7.46. The Morgan fingerprint density at radius 1 is 1.24 bits per heavy atom. The number of aromatic nitrogens is 2. The fourth-order valence-electron chi connectivity index (χ4n) is 2.36. The van der Waals surface area contributed by atoms with Crippen molar-refractivity contribution in [1.82, 2.24) is 9.55 Å². The fraction of sp³-hybridized carbons (Fsp3) is 0.471. The lowest BCUT2D eigenvalue weighted by Crippen LogP contribution is -2.13. The van der Waals surface area contributed by atoms with Gasteiger partial charge in [-0.15, -0.1) is 0 Å². The Morgan fingerprint density at radius 2 is 1.95 bits per heavy atom. The quantitative estimate of drug-likeness (QED) is 0.791. The molecule has 0 aliphatic rings. The summed E-state index contributed by atoms with van der Waals surface area (Å²) in [7, 11) is 1.73. The third-order valence-corrected chi connectivity index (χ3v) is 3.64. The Morgan fingerprint density at radius 3 is 2.62 bits per heavy atom. The molecule has 2 rings (SSSR count). The SMILES string of the molecule is COCCCNc1nc(C)cn1C(C)c1ccc(C)cc1. The maximum atomic E-state index is 5.08. The molecule has 0 saturated carbocycles. The van der Waals surface area contributed by atoms with E-state index in [-0.39, 0.29) is 6.04 Å². The molecule has 1 unspecified atom stereocenters. The second-order valence-corrected chi connectivity index (χ2v) is 5.47. The van der Waals surface area contributed by atoms with Gasteiger partial charge in [-0.2, -0.15) is 0 Å². The average Bonchev–Trinajstić information content (AvgIpc) is 2.85. The molecule has 1 N–H and O–H groups in total. The van der Waals surface area contributed by atoms with Crippen LogP contribution >= 0.6 is 0 Å². The summed E-state index contributed by atoms with van der Waals surface area (Å²) in [6, 6.07) is 8.94. The summed E-state index contributed by atoms with van der Waals surface area (Å²) < 4.78 is 7.28. The molecule has 1 aromatic carbocycles. The molecule has 1 atom stereocenters. The Labute approximate surface area is 127 Å². The highest BCUT2D eigenvalue weighted by Gasteiger charge is 2.13.